The van der Waals surface area contributed by atoms with E-state index in [9.17, 15) is 8.42 Å². The molecule has 0 atom stereocenters. The van der Waals surface area contributed by atoms with Gasteiger partial charge in [-0.1, -0.05) is 6.07 Å². The van der Waals surface area contributed by atoms with Gasteiger partial charge >= 0.3 is 0 Å². The van der Waals surface area contributed by atoms with Crippen LogP contribution in [0.3, 0.4) is 0 Å². The minimum absolute atomic E-state index is 0.0900. The second-order valence-electron chi connectivity index (χ2n) is 4.45. The Labute approximate surface area is 132 Å². The molecule has 0 fully saturated rings. The van der Waals surface area contributed by atoms with Crippen LogP contribution >= 0.6 is 0 Å². The Morgan fingerprint density at radius 3 is 2.32 bits per heavy atom. The summed E-state index contributed by atoms with van der Waals surface area (Å²) in [4.78, 5) is 0.0900. The van der Waals surface area contributed by atoms with Crippen LogP contribution < -0.4 is 4.74 Å². The zero-order chi connectivity index (χ0) is 16.4. The Morgan fingerprint density at radius 2 is 1.64 bits per heavy atom. The van der Waals surface area contributed by atoms with Crippen molar-refractivity contribution in [1.29, 1.82) is 0 Å². The first-order valence-corrected chi connectivity index (χ1v) is 8.70. The van der Waals surface area contributed by atoms with Crippen LogP contribution in [0.25, 0.3) is 0 Å². The molecule has 0 heterocycles. The van der Waals surface area contributed by atoms with Crippen LogP contribution in [-0.2, 0) is 23.8 Å². The first-order chi connectivity index (χ1) is 10.5. The second kappa shape index (κ2) is 9.78. The van der Waals surface area contributed by atoms with Gasteiger partial charge in [0.1, 0.15) is 12.4 Å². The maximum Gasteiger partial charge on any atom is 0.297 e. The molecule has 6 nitrogen and oxygen atoms in total. The van der Waals surface area contributed by atoms with Crippen molar-refractivity contribution < 1.29 is 26.8 Å². The van der Waals surface area contributed by atoms with Crippen molar-refractivity contribution in [3.63, 3.8) is 0 Å². The van der Waals surface area contributed by atoms with Crippen LogP contribution in [-0.4, -0.2) is 48.1 Å². The Balaban J connectivity index is 2.53. The highest BCUT2D eigenvalue weighted by atomic mass is 32.2. The molecular weight excluding hydrogens is 308 g/mol. The van der Waals surface area contributed by atoms with Crippen molar-refractivity contribution >= 4 is 10.1 Å². The van der Waals surface area contributed by atoms with Crippen molar-refractivity contribution in [3.05, 3.63) is 23.8 Å². The van der Waals surface area contributed by atoms with Gasteiger partial charge in [0.2, 0.25) is 0 Å². The lowest BCUT2D eigenvalue weighted by atomic mass is 10.2. The summed E-state index contributed by atoms with van der Waals surface area (Å²) in [6.45, 7) is 7.98. The standard InChI is InChI=1S/C15H24O6S/c1-4-18-8-9-19-10-11-20-15-12-14(7-6-13(15)3)22(16,17)21-5-2/h6-7,12H,4-5,8-11H2,1-3H3. The maximum absolute atomic E-state index is 11.9. The van der Waals surface area contributed by atoms with Gasteiger partial charge in [-0.2, -0.15) is 8.42 Å². The summed E-state index contributed by atoms with van der Waals surface area (Å²) in [5.74, 6) is 0.509. The van der Waals surface area contributed by atoms with Gasteiger partial charge in [-0.05, 0) is 32.4 Å². The maximum atomic E-state index is 11.9. The zero-order valence-corrected chi connectivity index (χ0v) is 14.1. The Morgan fingerprint density at radius 1 is 0.955 bits per heavy atom. The molecule has 1 aromatic rings. The number of ether oxygens (including phenoxy) is 3. The highest BCUT2D eigenvalue weighted by Gasteiger charge is 2.16. The number of benzene rings is 1. The third-order valence-corrected chi connectivity index (χ3v) is 4.16. The summed E-state index contributed by atoms with van der Waals surface area (Å²) < 4.78 is 44.5. The lowest BCUT2D eigenvalue weighted by molar-refractivity contribution is 0.0403. The van der Waals surface area contributed by atoms with E-state index >= 15 is 0 Å². The lowest BCUT2D eigenvalue weighted by Gasteiger charge is -2.11. The molecule has 126 valence electrons. The van der Waals surface area contributed by atoms with E-state index in [0.29, 0.717) is 38.8 Å². The Hall–Kier alpha value is -1.15. The van der Waals surface area contributed by atoms with Crippen molar-refractivity contribution in [3.8, 4) is 5.75 Å². The van der Waals surface area contributed by atoms with E-state index in [0.717, 1.165) is 5.56 Å². The molecule has 0 aliphatic rings. The van der Waals surface area contributed by atoms with Crippen LogP contribution in [0, 0.1) is 6.92 Å². The van der Waals surface area contributed by atoms with Gasteiger partial charge in [0.25, 0.3) is 10.1 Å². The predicted octanol–water partition coefficient (Wildman–Crippen LogP) is 2.15. The summed E-state index contributed by atoms with van der Waals surface area (Å²) in [7, 11) is -3.72. The monoisotopic (exact) mass is 332 g/mol. The SMILES string of the molecule is CCOCCOCCOc1cc(S(=O)(=O)OCC)ccc1C. The van der Waals surface area contributed by atoms with Gasteiger partial charge < -0.3 is 14.2 Å². The third-order valence-electron chi connectivity index (χ3n) is 2.78. The zero-order valence-electron chi connectivity index (χ0n) is 13.3. The first-order valence-electron chi connectivity index (χ1n) is 7.29. The molecular formula is C15H24O6S. The van der Waals surface area contributed by atoms with Crippen LogP contribution in [0.5, 0.6) is 5.75 Å². The van der Waals surface area contributed by atoms with Crippen LogP contribution in [0.4, 0.5) is 0 Å². The van der Waals surface area contributed by atoms with Crippen molar-refractivity contribution in [2.24, 2.45) is 0 Å². The molecule has 0 unspecified atom stereocenters. The first kappa shape index (κ1) is 18.9. The topological polar surface area (TPSA) is 71.1 Å². The normalized spacial score (nSPS) is 11.6. The van der Waals surface area contributed by atoms with E-state index in [-0.39, 0.29) is 11.5 Å². The summed E-state index contributed by atoms with van der Waals surface area (Å²) in [6, 6.07) is 4.67. The minimum Gasteiger partial charge on any atom is -0.491 e. The Bertz CT molecular complexity index is 541. The fraction of sp³-hybridized carbons (Fsp3) is 0.600. The average Bonchev–Trinajstić information content (AvgIpc) is 2.47. The largest absolute Gasteiger partial charge is 0.491 e. The minimum atomic E-state index is -3.72. The van der Waals surface area contributed by atoms with Gasteiger partial charge in [-0.25, -0.2) is 0 Å². The molecule has 0 saturated heterocycles. The average molecular weight is 332 g/mol. The van der Waals surface area contributed by atoms with Gasteiger partial charge in [0, 0.05) is 12.7 Å². The van der Waals surface area contributed by atoms with E-state index in [2.05, 4.69) is 0 Å². The van der Waals surface area contributed by atoms with Gasteiger partial charge in [-0.15, -0.1) is 0 Å². The summed E-state index contributed by atoms with van der Waals surface area (Å²) in [5.41, 5.74) is 0.852. The summed E-state index contributed by atoms with van der Waals surface area (Å²) >= 11 is 0. The van der Waals surface area contributed by atoms with Crippen molar-refractivity contribution in [1.82, 2.24) is 0 Å². The molecule has 0 radical (unpaired) electrons. The fourth-order valence-corrected chi connectivity index (χ4v) is 2.62. The third kappa shape index (κ3) is 6.31. The van der Waals surface area contributed by atoms with Gasteiger partial charge in [0.15, 0.2) is 0 Å². The molecule has 0 N–H and O–H groups in total. The number of hydrogen-bond donors (Lipinski definition) is 0. The van der Waals surface area contributed by atoms with Crippen molar-refractivity contribution in [2.75, 3.05) is 39.6 Å². The number of rotatable bonds is 11. The van der Waals surface area contributed by atoms with Gasteiger partial charge in [0.05, 0.1) is 31.3 Å². The molecule has 22 heavy (non-hydrogen) atoms. The number of hydrogen-bond acceptors (Lipinski definition) is 6. The molecule has 1 rings (SSSR count). The van der Waals surface area contributed by atoms with Crippen LogP contribution in [0.2, 0.25) is 0 Å². The molecule has 0 amide bonds. The smallest absolute Gasteiger partial charge is 0.297 e. The highest BCUT2D eigenvalue weighted by Crippen LogP contribution is 2.23. The quantitative estimate of drug-likeness (QED) is 0.457. The molecule has 0 aliphatic carbocycles. The molecule has 0 aliphatic heterocycles. The Kier molecular flexibility index (Phi) is 8.40. The van der Waals surface area contributed by atoms with Crippen LogP contribution in [0.15, 0.2) is 23.1 Å². The summed E-state index contributed by atoms with van der Waals surface area (Å²) in [6.07, 6.45) is 0. The van der Waals surface area contributed by atoms with Crippen LogP contribution in [0.1, 0.15) is 19.4 Å². The van der Waals surface area contributed by atoms with E-state index in [4.69, 9.17) is 18.4 Å². The molecule has 0 saturated carbocycles. The molecule has 7 heteroatoms. The van der Waals surface area contributed by atoms with Gasteiger partial charge in [-0.3, -0.25) is 4.18 Å². The summed E-state index contributed by atoms with van der Waals surface area (Å²) in [5, 5.41) is 0. The lowest BCUT2D eigenvalue weighted by Crippen LogP contribution is -2.12. The van der Waals surface area contributed by atoms with Crippen molar-refractivity contribution in [2.45, 2.75) is 25.7 Å². The second-order valence-corrected chi connectivity index (χ2v) is 6.06. The number of aryl methyl sites for hydroxylation is 1. The fourth-order valence-electron chi connectivity index (χ4n) is 1.69. The molecule has 0 aromatic heterocycles. The van der Waals surface area contributed by atoms with E-state index in [1.807, 2.05) is 13.8 Å². The van der Waals surface area contributed by atoms with E-state index in [1.54, 1.807) is 13.0 Å². The highest BCUT2D eigenvalue weighted by molar-refractivity contribution is 7.86. The van der Waals surface area contributed by atoms with E-state index in [1.165, 1.54) is 12.1 Å². The molecule has 0 bridgehead atoms. The predicted molar refractivity (Wildman–Crippen MR) is 82.8 cm³/mol. The van der Waals surface area contributed by atoms with E-state index < -0.39 is 10.1 Å². The molecule has 0 spiro atoms. The molecule has 1 aromatic carbocycles.